The number of fused-ring (bicyclic) bond motifs is 1. The second-order valence-electron chi connectivity index (χ2n) is 9.04. The fourth-order valence-corrected chi connectivity index (χ4v) is 4.21. The molecule has 0 radical (unpaired) electrons. The first-order valence-corrected chi connectivity index (χ1v) is 12.8. The number of hydrogen-bond acceptors (Lipinski definition) is 2. The molecule has 1 N–H and O–H groups in total. The Kier molecular flexibility index (Phi) is 9.70. The van der Waals surface area contributed by atoms with Crippen LogP contribution in [0.15, 0.2) is 72.9 Å². The zero-order chi connectivity index (χ0) is 24.3. The highest BCUT2D eigenvalue weighted by molar-refractivity contribution is 5.83. The summed E-state index contributed by atoms with van der Waals surface area (Å²) in [4.78, 5) is 4.43. The van der Waals surface area contributed by atoms with Crippen LogP contribution in [0, 0.1) is 13.8 Å². The number of nitrogens with one attached hydrogen (secondary N) is 1. The number of anilines is 1. The van der Waals surface area contributed by atoms with Crippen LogP contribution < -0.4 is 5.32 Å². The smallest absolute Gasteiger partial charge is 0.0707 e. The number of nitrogens with zero attached hydrogens (tertiary/aromatic N) is 1. The van der Waals surface area contributed by atoms with E-state index >= 15 is 0 Å². The molecule has 0 unspecified atom stereocenters. The summed E-state index contributed by atoms with van der Waals surface area (Å²) in [6.45, 7) is 11.9. The van der Waals surface area contributed by atoms with Crippen LogP contribution in [-0.4, -0.2) is 11.5 Å². The maximum absolute atomic E-state index is 4.43. The van der Waals surface area contributed by atoms with Gasteiger partial charge in [0.05, 0.1) is 5.52 Å². The van der Waals surface area contributed by atoms with E-state index in [1.165, 1.54) is 50.9 Å². The average molecular weight is 453 g/mol. The highest BCUT2D eigenvalue weighted by Gasteiger charge is 2.04. The van der Waals surface area contributed by atoms with Crippen molar-refractivity contribution in [2.75, 3.05) is 11.9 Å². The molecule has 178 valence electrons. The molecular weight excluding hydrogens is 412 g/mol. The first-order chi connectivity index (χ1) is 16.5. The standard InChI is InChI=1S/C18H23N.C14H17N/c1-3-16-8-10-17(11-9-16)5-4-14-19-18-12-6-15(2)7-13-18;1-4-11-8-13-10(3)6-7-15-14(13)9-12(11)5-2/h6-13,19H,3-5,14H2,1-2H3;6-9H,4-5H2,1-3H3. The highest BCUT2D eigenvalue weighted by atomic mass is 14.9. The third-order valence-corrected chi connectivity index (χ3v) is 6.50. The lowest BCUT2D eigenvalue weighted by Crippen LogP contribution is -2.02. The number of aromatic nitrogens is 1. The molecule has 0 amide bonds. The van der Waals surface area contributed by atoms with Crippen molar-refractivity contribution in [1.29, 1.82) is 0 Å². The predicted octanol–water partition coefficient (Wildman–Crippen LogP) is 8.27. The minimum atomic E-state index is 1.03. The van der Waals surface area contributed by atoms with Gasteiger partial charge in [-0.1, -0.05) is 62.7 Å². The van der Waals surface area contributed by atoms with E-state index in [1.54, 1.807) is 0 Å². The summed E-state index contributed by atoms with van der Waals surface area (Å²) in [5.41, 5.74) is 10.7. The maximum Gasteiger partial charge on any atom is 0.0707 e. The lowest BCUT2D eigenvalue weighted by atomic mass is 9.98. The molecule has 0 saturated heterocycles. The van der Waals surface area contributed by atoms with Gasteiger partial charge in [0, 0.05) is 23.8 Å². The Morgan fingerprint density at radius 2 is 1.35 bits per heavy atom. The Balaban J connectivity index is 0.000000196. The van der Waals surface area contributed by atoms with Crippen LogP contribution in [-0.2, 0) is 25.7 Å². The molecule has 0 bridgehead atoms. The molecule has 0 aliphatic carbocycles. The molecule has 34 heavy (non-hydrogen) atoms. The molecule has 1 heterocycles. The van der Waals surface area contributed by atoms with E-state index in [-0.39, 0.29) is 0 Å². The minimum Gasteiger partial charge on any atom is -0.385 e. The molecule has 0 saturated carbocycles. The van der Waals surface area contributed by atoms with Crippen molar-refractivity contribution in [3.05, 3.63) is 106 Å². The summed E-state index contributed by atoms with van der Waals surface area (Å²) in [5, 5.41) is 4.76. The van der Waals surface area contributed by atoms with E-state index in [0.29, 0.717) is 0 Å². The van der Waals surface area contributed by atoms with Crippen molar-refractivity contribution in [2.45, 2.75) is 66.7 Å². The van der Waals surface area contributed by atoms with Gasteiger partial charge >= 0.3 is 0 Å². The van der Waals surface area contributed by atoms with E-state index in [2.05, 4.69) is 112 Å². The van der Waals surface area contributed by atoms with Crippen molar-refractivity contribution in [1.82, 2.24) is 4.98 Å². The molecule has 0 atom stereocenters. The third kappa shape index (κ3) is 7.18. The molecule has 4 aromatic rings. The summed E-state index contributed by atoms with van der Waals surface area (Å²) in [5.74, 6) is 0. The van der Waals surface area contributed by atoms with Gasteiger partial charge in [-0.25, -0.2) is 0 Å². The van der Waals surface area contributed by atoms with Crippen molar-refractivity contribution < 1.29 is 0 Å². The lowest BCUT2D eigenvalue weighted by molar-refractivity contribution is 0.862. The fourth-order valence-electron chi connectivity index (χ4n) is 4.21. The number of pyridine rings is 1. The number of aryl methyl sites for hydroxylation is 6. The summed E-state index contributed by atoms with van der Waals surface area (Å²) in [6.07, 6.45) is 7.52. The molecule has 1 aromatic heterocycles. The van der Waals surface area contributed by atoms with Gasteiger partial charge < -0.3 is 5.32 Å². The van der Waals surface area contributed by atoms with Crippen LogP contribution in [0.25, 0.3) is 10.9 Å². The summed E-state index contributed by atoms with van der Waals surface area (Å²) < 4.78 is 0. The van der Waals surface area contributed by atoms with Gasteiger partial charge in [0.2, 0.25) is 0 Å². The van der Waals surface area contributed by atoms with Crippen LogP contribution in [0.2, 0.25) is 0 Å². The van der Waals surface area contributed by atoms with E-state index < -0.39 is 0 Å². The number of rotatable bonds is 8. The average Bonchev–Trinajstić information content (AvgIpc) is 2.88. The normalized spacial score (nSPS) is 10.6. The van der Waals surface area contributed by atoms with Crippen LogP contribution in [0.5, 0.6) is 0 Å². The predicted molar refractivity (Wildman–Crippen MR) is 149 cm³/mol. The van der Waals surface area contributed by atoms with E-state index in [0.717, 1.165) is 37.7 Å². The van der Waals surface area contributed by atoms with Gasteiger partial charge in [0.25, 0.3) is 0 Å². The minimum absolute atomic E-state index is 1.03. The second kappa shape index (κ2) is 12.9. The Morgan fingerprint density at radius 1 is 0.706 bits per heavy atom. The van der Waals surface area contributed by atoms with Gasteiger partial charge in [-0.15, -0.1) is 0 Å². The van der Waals surface area contributed by atoms with Crippen LogP contribution in [0.3, 0.4) is 0 Å². The van der Waals surface area contributed by atoms with Gasteiger partial charge in [0.15, 0.2) is 0 Å². The van der Waals surface area contributed by atoms with Crippen LogP contribution in [0.4, 0.5) is 5.69 Å². The first-order valence-electron chi connectivity index (χ1n) is 12.8. The SMILES string of the molecule is CCc1cc2nccc(C)c2cc1CC.CCc1ccc(CCCNc2ccc(C)cc2)cc1. The van der Waals surface area contributed by atoms with Crippen LogP contribution >= 0.6 is 0 Å². The van der Waals surface area contributed by atoms with Crippen LogP contribution in [0.1, 0.15) is 60.6 Å². The van der Waals surface area contributed by atoms with E-state index in [1.807, 2.05) is 6.20 Å². The van der Waals surface area contributed by atoms with Crippen molar-refractivity contribution >= 4 is 16.6 Å². The van der Waals surface area contributed by atoms with Gasteiger partial charge in [-0.2, -0.15) is 0 Å². The molecule has 0 aliphatic rings. The Labute approximate surface area is 206 Å². The molecule has 2 nitrogen and oxygen atoms in total. The summed E-state index contributed by atoms with van der Waals surface area (Å²) in [6, 6.07) is 24.2. The molecule has 0 spiro atoms. The molecule has 2 heteroatoms. The summed E-state index contributed by atoms with van der Waals surface area (Å²) >= 11 is 0. The van der Waals surface area contributed by atoms with Gasteiger partial charge in [-0.05, 0) is 104 Å². The zero-order valence-electron chi connectivity index (χ0n) is 21.6. The first kappa shape index (κ1) is 25.5. The molecule has 0 aliphatic heterocycles. The topological polar surface area (TPSA) is 24.9 Å². The molecular formula is C32H40N2. The fraction of sp³-hybridized carbons (Fsp3) is 0.344. The highest BCUT2D eigenvalue weighted by Crippen LogP contribution is 2.22. The molecule has 0 fully saturated rings. The summed E-state index contributed by atoms with van der Waals surface area (Å²) in [7, 11) is 0. The lowest BCUT2D eigenvalue weighted by Gasteiger charge is -2.09. The largest absolute Gasteiger partial charge is 0.385 e. The molecule has 3 aromatic carbocycles. The molecule has 4 rings (SSSR count). The maximum atomic E-state index is 4.43. The number of hydrogen-bond donors (Lipinski definition) is 1. The zero-order valence-corrected chi connectivity index (χ0v) is 21.6. The van der Waals surface area contributed by atoms with Crippen molar-refractivity contribution in [3.8, 4) is 0 Å². The van der Waals surface area contributed by atoms with E-state index in [4.69, 9.17) is 0 Å². The Morgan fingerprint density at radius 3 is 2.00 bits per heavy atom. The van der Waals surface area contributed by atoms with Crippen molar-refractivity contribution in [3.63, 3.8) is 0 Å². The van der Waals surface area contributed by atoms with Gasteiger partial charge in [-0.3, -0.25) is 4.98 Å². The Bertz CT molecular complexity index is 1160. The number of benzene rings is 3. The van der Waals surface area contributed by atoms with Crippen molar-refractivity contribution in [2.24, 2.45) is 0 Å². The van der Waals surface area contributed by atoms with Gasteiger partial charge in [0.1, 0.15) is 0 Å². The van der Waals surface area contributed by atoms with E-state index in [9.17, 15) is 0 Å². The Hall–Kier alpha value is -3.13. The second-order valence-corrected chi connectivity index (χ2v) is 9.04. The monoisotopic (exact) mass is 452 g/mol. The quantitative estimate of drug-likeness (QED) is 0.272. The third-order valence-electron chi connectivity index (χ3n) is 6.50.